The number of carbonyl (C=O) groups is 3. The third-order valence-corrected chi connectivity index (χ3v) is 3.41. The largest absolute Gasteiger partial charge is 0.492 e. The number of carboxylic acid groups (broad SMARTS) is 2. The topological polar surface area (TPSA) is 142 Å². The fourth-order valence-corrected chi connectivity index (χ4v) is 2.10. The van der Waals surface area contributed by atoms with E-state index in [4.69, 9.17) is 19.7 Å². The molecule has 0 saturated heterocycles. The van der Waals surface area contributed by atoms with E-state index in [0.29, 0.717) is 54.8 Å². The van der Waals surface area contributed by atoms with Gasteiger partial charge in [0.05, 0.1) is 12.2 Å². The highest BCUT2D eigenvalue weighted by molar-refractivity contribution is 5.99. The highest BCUT2D eigenvalue weighted by Crippen LogP contribution is 2.29. The van der Waals surface area contributed by atoms with Gasteiger partial charge < -0.3 is 30.1 Å². The Hall–Kier alpha value is -2.91. The minimum atomic E-state index is -1.26. The minimum Gasteiger partial charge on any atom is -0.492 e. The number of carboxylic acids is 2. The second-order valence-corrected chi connectivity index (χ2v) is 6.22. The number of nitrogens with one attached hydrogen (secondary N) is 1. The Balaban J connectivity index is 0.000000416. The van der Waals surface area contributed by atoms with Crippen molar-refractivity contribution in [3.63, 3.8) is 0 Å². The van der Waals surface area contributed by atoms with Crippen LogP contribution in [-0.2, 0) is 9.59 Å². The van der Waals surface area contributed by atoms with Gasteiger partial charge in [-0.1, -0.05) is 13.8 Å². The van der Waals surface area contributed by atoms with Crippen LogP contribution in [0.25, 0.3) is 0 Å². The Kier molecular flexibility index (Phi) is 9.69. The van der Waals surface area contributed by atoms with Crippen molar-refractivity contribution >= 4 is 17.7 Å². The molecule has 1 aliphatic heterocycles. The quantitative estimate of drug-likeness (QED) is 0.476. The van der Waals surface area contributed by atoms with E-state index in [9.17, 15) is 19.5 Å². The van der Waals surface area contributed by atoms with Crippen LogP contribution in [0.1, 0.15) is 30.6 Å². The average molecular weight is 395 g/mol. The molecule has 1 aliphatic rings. The van der Waals surface area contributed by atoms with Gasteiger partial charge in [0.2, 0.25) is 0 Å². The van der Waals surface area contributed by atoms with Crippen molar-refractivity contribution in [3.8, 4) is 11.5 Å². The van der Waals surface area contributed by atoms with Gasteiger partial charge in [-0.25, -0.2) is 9.59 Å². The van der Waals surface area contributed by atoms with E-state index in [-0.39, 0.29) is 12.4 Å². The van der Waals surface area contributed by atoms with Crippen molar-refractivity contribution < 1.29 is 39.2 Å². The molecule has 1 atom stereocenters. The number of fused-ring (bicyclic) bond motifs is 1. The van der Waals surface area contributed by atoms with Crippen LogP contribution in [-0.4, -0.2) is 64.9 Å². The van der Waals surface area contributed by atoms with Gasteiger partial charge in [-0.05, 0) is 12.1 Å². The number of ketones is 1. The first kappa shape index (κ1) is 23.1. The van der Waals surface area contributed by atoms with E-state index >= 15 is 0 Å². The van der Waals surface area contributed by atoms with Crippen LogP contribution in [0.4, 0.5) is 0 Å². The number of benzene rings is 1. The highest BCUT2D eigenvalue weighted by atomic mass is 16.5. The summed E-state index contributed by atoms with van der Waals surface area (Å²) in [5, 5.41) is 28.5. The molecule has 0 radical (unpaired) electrons. The fraction of sp³-hybridized carbons (Fsp3) is 0.421. The number of aliphatic hydroxyl groups excluding tert-OH is 1. The summed E-state index contributed by atoms with van der Waals surface area (Å²) in [6.07, 6.45) is 0.966. The number of carbonyl (C=O) groups excluding carboxylic acids is 1. The maximum atomic E-state index is 11.6. The minimum absolute atomic E-state index is 0.0963. The molecule has 1 aromatic carbocycles. The number of ether oxygens (including phenoxy) is 2. The van der Waals surface area contributed by atoms with Gasteiger partial charge in [-0.15, -0.1) is 0 Å². The molecule has 0 aliphatic carbocycles. The van der Waals surface area contributed by atoms with Gasteiger partial charge in [0.25, 0.3) is 0 Å². The number of hydrogen-bond acceptors (Lipinski definition) is 7. The summed E-state index contributed by atoms with van der Waals surface area (Å²) in [4.78, 5) is 30.8. The Morgan fingerprint density at radius 1 is 1.25 bits per heavy atom. The molecule has 0 aromatic heterocycles. The monoisotopic (exact) mass is 395 g/mol. The third-order valence-electron chi connectivity index (χ3n) is 3.41. The van der Waals surface area contributed by atoms with Crippen LogP contribution in [0, 0.1) is 0 Å². The molecule has 154 valence electrons. The van der Waals surface area contributed by atoms with Crippen molar-refractivity contribution in [1.29, 1.82) is 0 Å². The summed E-state index contributed by atoms with van der Waals surface area (Å²) in [6.45, 7) is 5.14. The Labute approximate surface area is 162 Å². The molecule has 2 rings (SSSR count). The summed E-state index contributed by atoms with van der Waals surface area (Å²) in [5.74, 6) is -1.26. The zero-order valence-electron chi connectivity index (χ0n) is 15.8. The number of rotatable bonds is 8. The fourth-order valence-electron chi connectivity index (χ4n) is 2.10. The molecular weight excluding hydrogens is 370 g/mol. The maximum absolute atomic E-state index is 11.6. The lowest BCUT2D eigenvalue weighted by Gasteiger charge is -2.18. The predicted octanol–water partition coefficient (Wildman–Crippen LogP) is 1.10. The first-order valence-corrected chi connectivity index (χ1v) is 8.67. The van der Waals surface area contributed by atoms with Gasteiger partial charge in [-0.2, -0.15) is 0 Å². The zero-order chi connectivity index (χ0) is 21.1. The van der Waals surface area contributed by atoms with Crippen LogP contribution in [0.3, 0.4) is 0 Å². The number of aliphatic carboxylic acids is 2. The van der Waals surface area contributed by atoms with Crippen molar-refractivity contribution in [2.75, 3.05) is 19.8 Å². The molecule has 9 nitrogen and oxygen atoms in total. The van der Waals surface area contributed by atoms with Gasteiger partial charge in [-0.3, -0.25) is 4.79 Å². The second kappa shape index (κ2) is 11.7. The molecule has 0 bridgehead atoms. The molecular formula is C19H25NO8. The average Bonchev–Trinajstić information content (AvgIpc) is 2.63. The lowest BCUT2D eigenvalue weighted by molar-refractivity contribution is -0.134. The molecule has 0 fully saturated rings. The van der Waals surface area contributed by atoms with Crippen LogP contribution < -0.4 is 14.8 Å². The summed E-state index contributed by atoms with van der Waals surface area (Å²) in [7, 11) is 0. The summed E-state index contributed by atoms with van der Waals surface area (Å²) in [6, 6.07) is 5.47. The normalized spacial score (nSPS) is 13.9. The third kappa shape index (κ3) is 9.15. The molecule has 1 heterocycles. The Bertz CT molecular complexity index is 698. The first-order chi connectivity index (χ1) is 13.2. The van der Waals surface area contributed by atoms with E-state index in [1.807, 2.05) is 13.8 Å². The molecule has 0 amide bonds. The van der Waals surface area contributed by atoms with Crippen LogP contribution in [0.2, 0.25) is 0 Å². The van der Waals surface area contributed by atoms with Crippen molar-refractivity contribution in [3.05, 3.63) is 35.9 Å². The summed E-state index contributed by atoms with van der Waals surface area (Å²) in [5.41, 5.74) is 0.602. The maximum Gasteiger partial charge on any atom is 0.328 e. The van der Waals surface area contributed by atoms with E-state index in [1.165, 1.54) is 0 Å². The van der Waals surface area contributed by atoms with Gasteiger partial charge >= 0.3 is 11.9 Å². The van der Waals surface area contributed by atoms with Gasteiger partial charge in [0.15, 0.2) is 5.78 Å². The molecule has 4 N–H and O–H groups in total. The SMILES string of the molecule is CC(C)NCC(O)COc1ccc2c(c1)OCCC2=O.O=C(O)/C=C\C(=O)O. The summed E-state index contributed by atoms with van der Waals surface area (Å²) < 4.78 is 11.0. The van der Waals surface area contributed by atoms with E-state index in [2.05, 4.69) is 5.32 Å². The van der Waals surface area contributed by atoms with E-state index in [0.717, 1.165) is 0 Å². The Morgan fingerprint density at radius 3 is 2.46 bits per heavy atom. The Morgan fingerprint density at radius 2 is 1.89 bits per heavy atom. The molecule has 1 unspecified atom stereocenters. The van der Waals surface area contributed by atoms with Crippen LogP contribution >= 0.6 is 0 Å². The number of aliphatic hydroxyl groups is 1. The lowest BCUT2D eigenvalue weighted by Crippen LogP contribution is -2.35. The van der Waals surface area contributed by atoms with E-state index < -0.39 is 18.0 Å². The number of hydrogen-bond donors (Lipinski definition) is 4. The van der Waals surface area contributed by atoms with Crippen molar-refractivity contribution in [2.24, 2.45) is 0 Å². The molecule has 28 heavy (non-hydrogen) atoms. The smallest absolute Gasteiger partial charge is 0.328 e. The summed E-state index contributed by atoms with van der Waals surface area (Å²) >= 11 is 0. The molecule has 9 heteroatoms. The molecule has 1 aromatic rings. The van der Waals surface area contributed by atoms with E-state index in [1.54, 1.807) is 18.2 Å². The van der Waals surface area contributed by atoms with Gasteiger partial charge in [0, 0.05) is 37.2 Å². The second-order valence-electron chi connectivity index (χ2n) is 6.22. The lowest BCUT2D eigenvalue weighted by atomic mass is 10.1. The van der Waals surface area contributed by atoms with Crippen molar-refractivity contribution in [1.82, 2.24) is 5.32 Å². The number of Topliss-reactive ketones (excluding diaryl/α,β-unsaturated/α-hetero) is 1. The highest BCUT2D eigenvalue weighted by Gasteiger charge is 2.19. The van der Waals surface area contributed by atoms with Gasteiger partial charge in [0.1, 0.15) is 24.2 Å². The first-order valence-electron chi connectivity index (χ1n) is 8.67. The molecule has 0 spiro atoms. The molecule has 0 saturated carbocycles. The van der Waals surface area contributed by atoms with Crippen molar-refractivity contribution in [2.45, 2.75) is 32.4 Å². The van der Waals surface area contributed by atoms with Crippen LogP contribution in [0.5, 0.6) is 11.5 Å². The zero-order valence-corrected chi connectivity index (χ0v) is 15.8. The van der Waals surface area contributed by atoms with Crippen LogP contribution in [0.15, 0.2) is 30.4 Å². The standard InChI is InChI=1S/C15H21NO4.C4H4O4/c1-10(2)16-8-11(17)9-20-12-3-4-13-14(18)5-6-19-15(13)7-12;5-3(6)1-2-4(7)8/h3-4,7,10-11,16-17H,5-6,8-9H2,1-2H3;1-2H,(H,5,6)(H,7,8)/b;2-1-. The predicted molar refractivity (Wildman–Crippen MR) is 99.9 cm³/mol.